The molecule has 0 saturated heterocycles. The smallest absolute Gasteiger partial charge is 0.247 e. The summed E-state index contributed by atoms with van der Waals surface area (Å²) in [7, 11) is 0. The Balaban J connectivity index is 1.67. The van der Waals surface area contributed by atoms with E-state index in [1.54, 1.807) is 0 Å². The van der Waals surface area contributed by atoms with Gasteiger partial charge in [-0.2, -0.15) is 0 Å². The summed E-state index contributed by atoms with van der Waals surface area (Å²) in [6.45, 7) is 0. The van der Waals surface area contributed by atoms with Crippen LogP contribution in [-0.2, 0) is 9.59 Å². The molecule has 0 saturated carbocycles. The summed E-state index contributed by atoms with van der Waals surface area (Å²) in [5, 5.41) is 8.75. The molecule has 3 N–H and O–H groups in total. The number of anilines is 3. The van der Waals surface area contributed by atoms with E-state index >= 15 is 0 Å². The Kier molecular flexibility index (Phi) is 4.28. The van der Waals surface area contributed by atoms with Gasteiger partial charge >= 0.3 is 0 Å². The van der Waals surface area contributed by atoms with Crippen molar-refractivity contribution in [1.29, 1.82) is 0 Å². The standard InChI is InChI=1S/C16H14IN3O2/c17-10-5-1-2-6-11(10)19-15(21)9-14-16(22)20-13-8-4-3-7-12(13)18-14/h1-8,14,18H,9H2,(H,19,21)(H,20,22). The second-order valence-corrected chi connectivity index (χ2v) is 6.13. The molecule has 1 aliphatic rings. The fraction of sp³-hybridized carbons (Fsp3) is 0.125. The number of rotatable bonds is 3. The maximum atomic E-state index is 12.2. The van der Waals surface area contributed by atoms with E-state index in [1.165, 1.54) is 0 Å². The molecule has 1 unspecified atom stereocenters. The van der Waals surface area contributed by atoms with Crippen LogP contribution in [0.15, 0.2) is 48.5 Å². The van der Waals surface area contributed by atoms with Crippen molar-refractivity contribution in [3.63, 3.8) is 0 Å². The van der Waals surface area contributed by atoms with E-state index in [1.807, 2.05) is 48.5 Å². The zero-order valence-corrected chi connectivity index (χ0v) is 13.8. The highest BCUT2D eigenvalue weighted by atomic mass is 127. The van der Waals surface area contributed by atoms with E-state index in [-0.39, 0.29) is 18.2 Å². The quantitative estimate of drug-likeness (QED) is 0.686. The molecule has 1 heterocycles. The molecule has 3 rings (SSSR count). The Morgan fingerprint density at radius 3 is 2.55 bits per heavy atom. The van der Waals surface area contributed by atoms with E-state index in [9.17, 15) is 9.59 Å². The Morgan fingerprint density at radius 1 is 1.09 bits per heavy atom. The highest BCUT2D eigenvalue weighted by Gasteiger charge is 2.27. The number of amides is 2. The van der Waals surface area contributed by atoms with Gasteiger partial charge in [-0.1, -0.05) is 24.3 Å². The van der Waals surface area contributed by atoms with Crippen molar-refractivity contribution >= 4 is 51.5 Å². The lowest BCUT2D eigenvalue weighted by molar-refractivity contribution is -0.122. The number of nitrogens with one attached hydrogen (secondary N) is 3. The molecule has 1 aliphatic heterocycles. The molecule has 0 aromatic heterocycles. The third-order valence-electron chi connectivity index (χ3n) is 3.37. The Labute approximate surface area is 141 Å². The summed E-state index contributed by atoms with van der Waals surface area (Å²) in [6, 6.07) is 14.4. The number of carbonyl (C=O) groups excluding carboxylic acids is 2. The Hall–Kier alpha value is -2.09. The lowest BCUT2D eigenvalue weighted by Gasteiger charge is -2.26. The predicted molar refractivity (Wildman–Crippen MR) is 94.9 cm³/mol. The third-order valence-corrected chi connectivity index (χ3v) is 4.31. The summed E-state index contributed by atoms with van der Waals surface area (Å²) in [6.07, 6.45) is 0.0745. The van der Waals surface area contributed by atoms with E-state index in [0.717, 1.165) is 20.6 Å². The first-order valence-corrected chi connectivity index (χ1v) is 7.92. The molecular formula is C16H14IN3O2. The summed E-state index contributed by atoms with van der Waals surface area (Å²) in [4.78, 5) is 24.2. The normalized spacial score (nSPS) is 16.2. The number of benzene rings is 2. The summed E-state index contributed by atoms with van der Waals surface area (Å²) in [5.74, 6) is -0.396. The van der Waals surface area contributed by atoms with Crippen LogP contribution >= 0.6 is 22.6 Å². The highest BCUT2D eigenvalue weighted by Crippen LogP contribution is 2.27. The zero-order chi connectivity index (χ0) is 15.5. The average molecular weight is 407 g/mol. The average Bonchev–Trinajstić information content (AvgIpc) is 2.50. The lowest BCUT2D eigenvalue weighted by atomic mass is 10.1. The van der Waals surface area contributed by atoms with E-state index < -0.39 is 6.04 Å². The monoisotopic (exact) mass is 407 g/mol. The first kappa shape index (κ1) is 14.8. The Bertz CT molecular complexity index is 733. The number of carbonyl (C=O) groups is 2. The molecule has 2 aromatic rings. The third kappa shape index (κ3) is 3.22. The predicted octanol–water partition coefficient (Wildman–Crippen LogP) is 3.05. The van der Waals surface area contributed by atoms with Crippen molar-refractivity contribution in [1.82, 2.24) is 0 Å². The highest BCUT2D eigenvalue weighted by molar-refractivity contribution is 14.1. The van der Waals surface area contributed by atoms with Gasteiger partial charge in [-0.25, -0.2) is 0 Å². The van der Waals surface area contributed by atoms with Gasteiger partial charge in [-0.3, -0.25) is 9.59 Å². The van der Waals surface area contributed by atoms with Gasteiger partial charge < -0.3 is 16.0 Å². The summed E-state index contributed by atoms with van der Waals surface area (Å²) >= 11 is 2.16. The van der Waals surface area contributed by atoms with Crippen LogP contribution in [0.25, 0.3) is 0 Å². The first-order chi connectivity index (χ1) is 10.6. The molecule has 112 valence electrons. The van der Waals surface area contributed by atoms with Gasteiger partial charge in [-0.15, -0.1) is 0 Å². The SMILES string of the molecule is O=C(CC1Nc2ccccc2NC1=O)Nc1ccccc1I. The van der Waals surface area contributed by atoms with E-state index in [2.05, 4.69) is 38.5 Å². The van der Waals surface area contributed by atoms with Crippen molar-refractivity contribution < 1.29 is 9.59 Å². The second-order valence-electron chi connectivity index (χ2n) is 4.96. The molecule has 22 heavy (non-hydrogen) atoms. The van der Waals surface area contributed by atoms with Crippen molar-refractivity contribution in [2.75, 3.05) is 16.0 Å². The molecule has 0 bridgehead atoms. The second kappa shape index (κ2) is 6.35. The van der Waals surface area contributed by atoms with Crippen LogP contribution in [0.2, 0.25) is 0 Å². The molecule has 6 heteroatoms. The number of halogens is 1. The minimum Gasteiger partial charge on any atom is -0.372 e. The van der Waals surface area contributed by atoms with Gasteiger partial charge in [0.1, 0.15) is 6.04 Å². The number of hydrogen-bond acceptors (Lipinski definition) is 3. The van der Waals surface area contributed by atoms with Crippen LogP contribution in [0, 0.1) is 3.57 Å². The van der Waals surface area contributed by atoms with Crippen molar-refractivity contribution in [2.24, 2.45) is 0 Å². The molecule has 0 fully saturated rings. The van der Waals surface area contributed by atoms with Crippen molar-refractivity contribution in [3.8, 4) is 0 Å². The maximum absolute atomic E-state index is 12.2. The van der Waals surface area contributed by atoms with Crippen LogP contribution in [0.4, 0.5) is 17.1 Å². The van der Waals surface area contributed by atoms with E-state index in [0.29, 0.717) is 0 Å². The molecule has 0 radical (unpaired) electrons. The number of hydrogen-bond donors (Lipinski definition) is 3. The number of fused-ring (bicyclic) bond motifs is 1. The molecule has 1 atom stereocenters. The fourth-order valence-corrected chi connectivity index (χ4v) is 2.81. The maximum Gasteiger partial charge on any atom is 0.247 e. The molecule has 2 amide bonds. The van der Waals surface area contributed by atoms with Crippen molar-refractivity contribution in [2.45, 2.75) is 12.5 Å². The summed E-state index contributed by atoms with van der Waals surface area (Å²) < 4.78 is 0.958. The minimum absolute atomic E-state index is 0.0745. The zero-order valence-electron chi connectivity index (χ0n) is 11.6. The van der Waals surface area contributed by atoms with Crippen LogP contribution in [0.5, 0.6) is 0 Å². The topological polar surface area (TPSA) is 70.2 Å². The molecule has 2 aromatic carbocycles. The van der Waals surface area contributed by atoms with Gasteiger partial charge in [0.25, 0.3) is 0 Å². The summed E-state index contributed by atoms with van der Waals surface area (Å²) in [5.41, 5.74) is 2.32. The van der Waals surface area contributed by atoms with Crippen molar-refractivity contribution in [3.05, 3.63) is 52.1 Å². The minimum atomic E-state index is -0.573. The van der Waals surface area contributed by atoms with Crippen LogP contribution in [-0.4, -0.2) is 17.9 Å². The molecule has 0 aliphatic carbocycles. The van der Waals surface area contributed by atoms with E-state index in [4.69, 9.17) is 0 Å². The van der Waals surface area contributed by atoms with Gasteiger partial charge in [0.2, 0.25) is 11.8 Å². The Morgan fingerprint density at radius 2 is 1.77 bits per heavy atom. The first-order valence-electron chi connectivity index (χ1n) is 6.84. The van der Waals surface area contributed by atoms with Gasteiger partial charge in [-0.05, 0) is 46.9 Å². The largest absolute Gasteiger partial charge is 0.372 e. The van der Waals surface area contributed by atoms with Crippen LogP contribution < -0.4 is 16.0 Å². The van der Waals surface area contributed by atoms with Gasteiger partial charge in [0, 0.05) is 3.57 Å². The van der Waals surface area contributed by atoms with Gasteiger partial charge in [0.05, 0.1) is 23.5 Å². The molecular weight excluding hydrogens is 393 g/mol. The molecule has 0 spiro atoms. The number of para-hydroxylation sites is 3. The fourth-order valence-electron chi connectivity index (χ4n) is 2.28. The van der Waals surface area contributed by atoms with Gasteiger partial charge in [0.15, 0.2) is 0 Å². The molecule has 5 nitrogen and oxygen atoms in total. The van der Waals surface area contributed by atoms with Crippen LogP contribution in [0.1, 0.15) is 6.42 Å². The lowest BCUT2D eigenvalue weighted by Crippen LogP contribution is -2.41. The van der Waals surface area contributed by atoms with Crippen LogP contribution in [0.3, 0.4) is 0 Å².